The first-order chi connectivity index (χ1) is 9.61. The molecule has 0 radical (unpaired) electrons. The van der Waals surface area contributed by atoms with Crippen molar-refractivity contribution < 1.29 is 0 Å². The van der Waals surface area contributed by atoms with Crippen LogP contribution < -0.4 is 27.6 Å². The summed E-state index contributed by atoms with van der Waals surface area (Å²) in [5.41, 5.74) is 14.0. The van der Waals surface area contributed by atoms with Crippen LogP contribution in [-0.2, 0) is 13.0 Å². The molecule has 20 heavy (non-hydrogen) atoms. The van der Waals surface area contributed by atoms with Gasteiger partial charge in [-0.2, -0.15) is 0 Å². The average molecular weight is 271 g/mol. The summed E-state index contributed by atoms with van der Waals surface area (Å²) in [6.07, 6.45) is 2.99. The van der Waals surface area contributed by atoms with Crippen LogP contribution in [0.4, 0.5) is 11.4 Å². The van der Waals surface area contributed by atoms with Gasteiger partial charge in [-0.3, -0.25) is 9.59 Å². The number of nitrogens with two attached hydrogens (primary N) is 2. The van der Waals surface area contributed by atoms with E-state index < -0.39 is 10.9 Å². The minimum Gasteiger partial charge on any atom is -0.394 e. The fraction of sp³-hybridized carbons (Fsp3) is 0.333. The highest BCUT2D eigenvalue weighted by Gasteiger charge is 2.25. The molecule has 0 aromatic heterocycles. The van der Waals surface area contributed by atoms with Crippen molar-refractivity contribution >= 4 is 11.4 Å². The highest BCUT2D eigenvalue weighted by atomic mass is 16.2. The lowest BCUT2D eigenvalue weighted by Crippen LogP contribution is -2.38. The van der Waals surface area contributed by atoms with Crippen molar-refractivity contribution in [1.29, 1.82) is 0 Å². The number of nitrogen functional groups attached to an aromatic ring is 1. The first-order valence-corrected chi connectivity index (χ1v) is 6.79. The summed E-state index contributed by atoms with van der Waals surface area (Å²) < 4.78 is 0. The van der Waals surface area contributed by atoms with E-state index in [0.717, 1.165) is 30.4 Å². The minimum atomic E-state index is -0.584. The lowest BCUT2D eigenvalue weighted by molar-refractivity contribution is 0.598. The molecule has 0 aliphatic heterocycles. The fourth-order valence-corrected chi connectivity index (χ4v) is 2.85. The third-order valence-corrected chi connectivity index (χ3v) is 4.03. The maximum absolute atomic E-state index is 11.5. The van der Waals surface area contributed by atoms with Crippen LogP contribution in [0, 0.1) is 0 Å². The van der Waals surface area contributed by atoms with Crippen molar-refractivity contribution in [3.05, 3.63) is 55.3 Å². The molecule has 0 saturated heterocycles. The molecule has 5 N–H and O–H groups in total. The molecule has 2 aromatic carbocycles. The Morgan fingerprint density at radius 3 is 2.75 bits per heavy atom. The molecular formula is C15H17N3O2. The molecule has 104 valence electrons. The van der Waals surface area contributed by atoms with Crippen LogP contribution in [0.1, 0.15) is 35.6 Å². The zero-order valence-corrected chi connectivity index (χ0v) is 11.1. The number of hydrogen-bond donors (Lipinski definition) is 3. The standard InChI is InChI=1S/C15H17N3O2/c16-7-8-4-5-9-2-1-3-11(10(9)6-8)18-13-12(17)14(19)15(13)20/h4-6,11,18H,1-3,7,16-17H2. The Labute approximate surface area is 116 Å². The molecule has 0 heterocycles. The van der Waals surface area contributed by atoms with E-state index in [1.54, 1.807) is 0 Å². The second kappa shape index (κ2) is 4.76. The van der Waals surface area contributed by atoms with Gasteiger partial charge in [-0.15, -0.1) is 0 Å². The number of fused-ring (bicyclic) bond motifs is 1. The van der Waals surface area contributed by atoms with Crippen LogP contribution in [0.2, 0.25) is 0 Å². The van der Waals surface area contributed by atoms with E-state index in [2.05, 4.69) is 17.4 Å². The molecule has 5 heteroatoms. The van der Waals surface area contributed by atoms with E-state index in [4.69, 9.17) is 11.5 Å². The van der Waals surface area contributed by atoms with Crippen molar-refractivity contribution in [3.8, 4) is 0 Å². The predicted octanol–water partition coefficient (Wildman–Crippen LogP) is 0.813. The Balaban J connectivity index is 1.94. The number of anilines is 2. The van der Waals surface area contributed by atoms with E-state index >= 15 is 0 Å². The van der Waals surface area contributed by atoms with E-state index in [9.17, 15) is 9.59 Å². The lowest BCUT2D eigenvalue weighted by Gasteiger charge is -2.28. The van der Waals surface area contributed by atoms with Gasteiger partial charge in [0.25, 0.3) is 10.9 Å². The van der Waals surface area contributed by atoms with Gasteiger partial charge in [0.15, 0.2) is 0 Å². The minimum absolute atomic E-state index is 0.0239. The smallest absolute Gasteiger partial charge is 0.253 e. The van der Waals surface area contributed by atoms with Crippen molar-refractivity contribution in [3.63, 3.8) is 0 Å². The molecule has 0 spiro atoms. The quantitative estimate of drug-likeness (QED) is 0.718. The summed E-state index contributed by atoms with van der Waals surface area (Å²) in [5.74, 6) is 0. The summed E-state index contributed by atoms with van der Waals surface area (Å²) >= 11 is 0. The Morgan fingerprint density at radius 2 is 2.05 bits per heavy atom. The number of benzene rings is 1. The van der Waals surface area contributed by atoms with E-state index in [1.807, 2.05) is 6.07 Å². The van der Waals surface area contributed by atoms with Crippen molar-refractivity contribution in [2.45, 2.75) is 31.8 Å². The van der Waals surface area contributed by atoms with Gasteiger partial charge >= 0.3 is 0 Å². The SMILES string of the molecule is NCc1ccc2c(c1)C(Nc1c(N)c(=O)c1=O)CCC2. The second-order valence-corrected chi connectivity index (χ2v) is 5.27. The molecule has 0 amide bonds. The van der Waals surface area contributed by atoms with Gasteiger partial charge in [0.1, 0.15) is 11.4 Å². The number of aryl methyl sites for hydroxylation is 1. The first kappa shape index (κ1) is 12.9. The molecular weight excluding hydrogens is 254 g/mol. The largest absolute Gasteiger partial charge is 0.394 e. The van der Waals surface area contributed by atoms with E-state index in [-0.39, 0.29) is 17.4 Å². The maximum Gasteiger partial charge on any atom is 0.253 e. The Bertz CT molecular complexity index is 729. The van der Waals surface area contributed by atoms with Crippen molar-refractivity contribution in [1.82, 2.24) is 0 Å². The monoisotopic (exact) mass is 271 g/mol. The summed E-state index contributed by atoms with van der Waals surface area (Å²) in [5, 5.41) is 3.14. The predicted molar refractivity (Wildman–Crippen MR) is 79.4 cm³/mol. The summed E-state index contributed by atoms with van der Waals surface area (Å²) in [4.78, 5) is 22.7. The van der Waals surface area contributed by atoms with Crippen LogP contribution in [0.5, 0.6) is 0 Å². The van der Waals surface area contributed by atoms with Crippen molar-refractivity contribution in [2.24, 2.45) is 5.73 Å². The molecule has 2 aromatic rings. The molecule has 0 fully saturated rings. The van der Waals surface area contributed by atoms with Crippen LogP contribution in [-0.4, -0.2) is 0 Å². The highest BCUT2D eigenvalue weighted by molar-refractivity contribution is 5.72. The summed E-state index contributed by atoms with van der Waals surface area (Å²) in [6.45, 7) is 0.488. The van der Waals surface area contributed by atoms with Gasteiger partial charge < -0.3 is 16.8 Å². The average Bonchev–Trinajstić information content (AvgIpc) is 2.51. The number of hydrogen-bond acceptors (Lipinski definition) is 5. The third-order valence-electron chi connectivity index (χ3n) is 4.03. The Hall–Kier alpha value is -2.14. The van der Waals surface area contributed by atoms with Gasteiger partial charge in [0.2, 0.25) is 0 Å². The van der Waals surface area contributed by atoms with Crippen LogP contribution in [0.25, 0.3) is 0 Å². The number of nitrogens with one attached hydrogen (secondary N) is 1. The van der Waals surface area contributed by atoms with Gasteiger partial charge in [0.05, 0.1) is 6.04 Å². The third kappa shape index (κ3) is 1.91. The molecule has 0 saturated carbocycles. The molecule has 1 aliphatic carbocycles. The number of rotatable bonds is 3. The summed E-state index contributed by atoms with van der Waals surface area (Å²) in [7, 11) is 0. The highest BCUT2D eigenvalue weighted by Crippen LogP contribution is 2.33. The van der Waals surface area contributed by atoms with Crippen molar-refractivity contribution in [2.75, 3.05) is 11.1 Å². The molecule has 3 rings (SSSR count). The van der Waals surface area contributed by atoms with Gasteiger partial charge in [-0.1, -0.05) is 18.2 Å². The fourth-order valence-electron chi connectivity index (χ4n) is 2.85. The van der Waals surface area contributed by atoms with Gasteiger partial charge in [-0.25, -0.2) is 0 Å². The van der Waals surface area contributed by atoms with E-state index in [0.29, 0.717) is 6.54 Å². The zero-order valence-electron chi connectivity index (χ0n) is 11.1. The van der Waals surface area contributed by atoms with Crippen LogP contribution >= 0.6 is 0 Å². The summed E-state index contributed by atoms with van der Waals surface area (Å²) in [6, 6.07) is 6.23. The molecule has 0 bridgehead atoms. The normalized spacial score (nSPS) is 17.9. The molecule has 1 aliphatic rings. The Morgan fingerprint density at radius 1 is 1.25 bits per heavy atom. The molecule has 5 nitrogen and oxygen atoms in total. The second-order valence-electron chi connectivity index (χ2n) is 5.27. The molecule has 1 atom stereocenters. The topological polar surface area (TPSA) is 98.2 Å². The van der Waals surface area contributed by atoms with Gasteiger partial charge in [0, 0.05) is 6.54 Å². The lowest BCUT2D eigenvalue weighted by atomic mass is 9.86. The zero-order chi connectivity index (χ0) is 14.3. The maximum atomic E-state index is 11.5. The van der Waals surface area contributed by atoms with Crippen LogP contribution in [0.3, 0.4) is 0 Å². The first-order valence-electron chi connectivity index (χ1n) is 6.79. The molecule has 1 unspecified atom stereocenters. The van der Waals surface area contributed by atoms with Crippen LogP contribution in [0.15, 0.2) is 27.8 Å². The van der Waals surface area contributed by atoms with Gasteiger partial charge in [-0.05, 0) is 36.0 Å². The van der Waals surface area contributed by atoms with E-state index in [1.165, 1.54) is 5.56 Å². The Kier molecular flexibility index (Phi) is 3.06.